The van der Waals surface area contributed by atoms with Gasteiger partial charge in [0.25, 0.3) is 0 Å². The van der Waals surface area contributed by atoms with Gasteiger partial charge in [0, 0.05) is 16.1 Å². The Kier molecular flexibility index (Phi) is 6.18. The van der Waals surface area contributed by atoms with Crippen LogP contribution in [-0.2, 0) is 13.9 Å². The van der Waals surface area contributed by atoms with Gasteiger partial charge in [0.15, 0.2) is 0 Å². The summed E-state index contributed by atoms with van der Waals surface area (Å²) in [6.07, 6.45) is 2.87. The van der Waals surface area contributed by atoms with Gasteiger partial charge in [-0.1, -0.05) is 53.5 Å². The van der Waals surface area contributed by atoms with Gasteiger partial charge >= 0.3 is 13.3 Å². The predicted octanol–water partition coefficient (Wildman–Crippen LogP) is 5.48. The first-order chi connectivity index (χ1) is 13.0. The number of carbonyl (C=O) groups is 1. The van der Waals surface area contributed by atoms with Crippen molar-refractivity contribution in [2.24, 2.45) is 0 Å². The summed E-state index contributed by atoms with van der Waals surface area (Å²) in [6.45, 7) is 0. The molecule has 0 N–H and O–H groups in total. The van der Waals surface area contributed by atoms with Crippen molar-refractivity contribution in [2.45, 2.75) is 0 Å². The maximum atomic E-state index is 13.7. The number of carbonyl (C=O) groups excluding carboxylic acids is 1. The normalized spacial score (nSPS) is 11.5. The lowest BCUT2D eigenvalue weighted by molar-refractivity contribution is -0.128. The van der Waals surface area contributed by atoms with E-state index in [0.29, 0.717) is 20.7 Å². The second-order valence-corrected chi connectivity index (χ2v) is 8.85. The zero-order valence-corrected chi connectivity index (χ0v) is 16.5. The van der Waals surface area contributed by atoms with Crippen LogP contribution in [0.15, 0.2) is 84.9 Å². The number of hydrogen-bond acceptors (Lipinski definition) is 3. The van der Waals surface area contributed by atoms with Crippen LogP contribution in [0.3, 0.4) is 0 Å². The van der Waals surface area contributed by atoms with Gasteiger partial charge in [0.2, 0.25) is 0 Å². The molecule has 3 nitrogen and oxygen atoms in total. The van der Waals surface area contributed by atoms with E-state index in [0.717, 1.165) is 5.56 Å². The summed E-state index contributed by atoms with van der Waals surface area (Å²) >= 11 is 11.9. The third-order valence-corrected chi connectivity index (χ3v) is 6.66. The average Bonchev–Trinajstić information content (AvgIpc) is 2.68. The van der Waals surface area contributed by atoms with Crippen molar-refractivity contribution >= 4 is 53.2 Å². The Morgan fingerprint density at radius 2 is 1.26 bits per heavy atom. The fourth-order valence-corrected chi connectivity index (χ4v) is 4.57. The van der Waals surface area contributed by atoms with Crippen molar-refractivity contribution in [1.29, 1.82) is 0 Å². The summed E-state index contributed by atoms with van der Waals surface area (Å²) in [5, 5.41) is 1.74. The molecule has 0 atom stereocenters. The number of rotatable bonds is 5. The Morgan fingerprint density at radius 1 is 0.778 bits per heavy atom. The van der Waals surface area contributed by atoms with Gasteiger partial charge in [-0.05, 0) is 60.2 Å². The third kappa shape index (κ3) is 4.90. The van der Waals surface area contributed by atoms with Gasteiger partial charge in [0.05, 0.1) is 10.6 Å². The number of halogens is 2. The standard InChI is InChI=1S/C21H15Cl2O3P/c22-17-7-11-19(12-8-17)27(25,20-13-9-18(23)10-14-20)26-21(24)15-6-16-4-2-1-3-5-16/h1-15H. The first-order valence-electron chi connectivity index (χ1n) is 8.06. The van der Waals surface area contributed by atoms with Crippen molar-refractivity contribution in [3.8, 4) is 0 Å². The Balaban J connectivity index is 1.93. The largest absolute Gasteiger partial charge is 0.401 e. The fourth-order valence-electron chi connectivity index (χ4n) is 2.41. The summed E-state index contributed by atoms with van der Waals surface area (Å²) in [5.74, 6) is -0.702. The highest BCUT2D eigenvalue weighted by Gasteiger charge is 2.31. The Labute approximate surface area is 167 Å². The lowest BCUT2D eigenvalue weighted by Gasteiger charge is -2.18. The molecular formula is C21H15Cl2O3P. The molecule has 0 unspecified atom stereocenters. The molecule has 136 valence electrons. The van der Waals surface area contributed by atoms with Gasteiger partial charge in [0.1, 0.15) is 0 Å². The summed E-state index contributed by atoms with van der Waals surface area (Å²) in [6, 6.07) is 22.1. The lowest BCUT2D eigenvalue weighted by atomic mass is 10.2. The van der Waals surface area contributed by atoms with Gasteiger partial charge in [-0.3, -0.25) is 4.57 Å². The second-order valence-electron chi connectivity index (χ2n) is 5.66. The van der Waals surface area contributed by atoms with Crippen LogP contribution in [-0.4, -0.2) is 5.97 Å². The SMILES string of the molecule is O=C(C=Cc1ccccc1)OP(=O)(c1ccc(Cl)cc1)c1ccc(Cl)cc1. The molecule has 0 spiro atoms. The van der Waals surface area contributed by atoms with Crippen LogP contribution in [0, 0.1) is 0 Å². The molecule has 0 bridgehead atoms. The topological polar surface area (TPSA) is 43.4 Å². The highest BCUT2D eigenvalue weighted by atomic mass is 35.5. The molecular weight excluding hydrogens is 402 g/mol. The van der Waals surface area contributed by atoms with Crippen LogP contribution < -0.4 is 10.6 Å². The van der Waals surface area contributed by atoms with Crippen molar-refractivity contribution in [1.82, 2.24) is 0 Å². The molecule has 6 heteroatoms. The first kappa shape index (κ1) is 19.4. The molecule has 3 aromatic rings. The zero-order chi connectivity index (χ0) is 19.3. The van der Waals surface area contributed by atoms with E-state index in [2.05, 4.69) is 0 Å². The second kappa shape index (κ2) is 8.58. The molecule has 0 saturated heterocycles. The quantitative estimate of drug-likeness (QED) is 0.408. The monoisotopic (exact) mass is 416 g/mol. The summed E-state index contributed by atoms with van der Waals surface area (Å²) < 4.78 is 19.2. The van der Waals surface area contributed by atoms with Crippen molar-refractivity contribution in [3.63, 3.8) is 0 Å². The Hall–Kier alpha value is -2.32. The van der Waals surface area contributed by atoms with Crippen LogP contribution in [0.1, 0.15) is 5.56 Å². The molecule has 0 aromatic heterocycles. The third-order valence-electron chi connectivity index (χ3n) is 3.76. The summed E-state index contributed by atoms with van der Waals surface area (Å²) in [5.41, 5.74) is 0.835. The van der Waals surface area contributed by atoms with E-state index in [1.165, 1.54) is 6.08 Å². The molecule has 0 aliphatic carbocycles. The van der Waals surface area contributed by atoms with Gasteiger partial charge in [-0.2, -0.15) is 0 Å². The van der Waals surface area contributed by atoms with Gasteiger partial charge < -0.3 is 4.52 Å². The van der Waals surface area contributed by atoms with E-state index >= 15 is 0 Å². The first-order valence-corrected chi connectivity index (χ1v) is 10.4. The van der Waals surface area contributed by atoms with Crippen LogP contribution in [0.2, 0.25) is 10.0 Å². The molecule has 0 saturated carbocycles. The summed E-state index contributed by atoms with van der Waals surface area (Å²) in [7, 11) is -3.66. The zero-order valence-electron chi connectivity index (χ0n) is 14.1. The van der Waals surface area contributed by atoms with Crippen LogP contribution in [0.5, 0.6) is 0 Å². The van der Waals surface area contributed by atoms with Crippen LogP contribution >= 0.6 is 30.6 Å². The highest BCUT2D eigenvalue weighted by Crippen LogP contribution is 2.45. The summed E-state index contributed by atoms with van der Waals surface area (Å²) in [4.78, 5) is 12.4. The van der Waals surface area contributed by atoms with E-state index in [4.69, 9.17) is 27.7 Å². The molecule has 0 fully saturated rings. The Bertz CT molecular complexity index is 948. The molecule has 27 heavy (non-hydrogen) atoms. The predicted molar refractivity (Wildman–Crippen MR) is 111 cm³/mol. The molecule has 0 heterocycles. The molecule has 3 aromatic carbocycles. The van der Waals surface area contributed by atoms with E-state index in [1.807, 2.05) is 30.3 Å². The van der Waals surface area contributed by atoms with E-state index < -0.39 is 13.3 Å². The van der Waals surface area contributed by atoms with Crippen LogP contribution in [0.25, 0.3) is 6.08 Å². The molecule has 0 aliphatic rings. The van der Waals surface area contributed by atoms with Crippen molar-refractivity contribution in [3.05, 3.63) is 101 Å². The van der Waals surface area contributed by atoms with Crippen molar-refractivity contribution < 1.29 is 13.9 Å². The lowest BCUT2D eigenvalue weighted by Crippen LogP contribution is -2.20. The minimum atomic E-state index is -3.66. The minimum absolute atomic E-state index is 0.371. The maximum Gasteiger partial charge on any atom is 0.336 e. The maximum absolute atomic E-state index is 13.7. The van der Waals surface area contributed by atoms with Gasteiger partial charge in [-0.15, -0.1) is 0 Å². The molecule has 0 radical (unpaired) electrons. The molecule has 3 rings (SSSR count). The van der Waals surface area contributed by atoms with E-state index in [1.54, 1.807) is 54.6 Å². The smallest absolute Gasteiger partial charge is 0.336 e. The number of benzene rings is 3. The Morgan fingerprint density at radius 3 is 1.74 bits per heavy atom. The molecule has 0 aliphatic heterocycles. The number of hydrogen-bond donors (Lipinski definition) is 0. The van der Waals surface area contributed by atoms with Gasteiger partial charge in [-0.25, -0.2) is 4.79 Å². The minimum Gasteiger partial charge on any atom is -0.401 e. The van der Waals surface area contributed by atoms with E-state index in [-0.39, 0.29) is 0 Å². The average molecular weight is 417 g/mol. The van der Waals surface area contributed by atoms with E-state index in [9.17, 15) is 9.36 Å². The fraction of sp³-hybridized carbons (Fsp3) is 0. The van der Waals surface area contributed by atoms with Crippen LogP contribution in [0.4, 0.5) is 0 Å². The van der Waals surface area contributed by atoms with Crippen molar-refractivity contribution in [2.75, 3.05) is 0 Å². The highest BCUT2D eigenvalue weighted by molar-refractivity contribution is 7.74. The molecule has 0 amide bonds.